The van der Waals surface area contributed by atoms with Crippen LogP contribution in [0.3, 0.4) is 0 Å². The van der Waals surface area contributed by atoms with Crippen molar-refractivity contribution < 1.29 is 22.7 Å². The van der Waals surface area contributed by atoms with Crippen molar-refractivity contribution in [2.24, 2.45) is 0 Å². The molecule has 0 aliphatic carbocycles. The molecule has 3 rings (SSSR count). The highest BCUT2D eigenvalue weighted by Gasteiger charge is 2.15. The summed E-state index contributed by atoms with van der Waals surface area (Å²) in [5.41, 5.74) is 2.72. The van der Waals surface area contributed by atoms with E-state index in [1.807, 2.05) is 29.7 Å². The maximum Gasteiger partial charge on any atom is 0.338 e. The number of benzene rings is 1. The molecule has 0 fully saturated rings. The number of methoxy groups -OCH3 is 1. The number of fused-ring (bicyclic) bond motifs is 1. The minimum Gasteiger partial charge on any atom is -0.456 e. The molecular formula is C19H21N3O5S. The number of sulfonamides is 1. The molecule has 1 N–H and O–H groups in total. The van der Waals surface area contributed by atoms with Crippen molar-refractivity contribution in [2.45, 2.75) is 18.4 Å². The van der Waals surface area contributed by atoms with Crippen molar-refractivity contribution in [2.75, 3.05) is 20.3 Å². The van der Waals surface area contributed by atoms with E-state index in [1.54, 1.807) is 6.20 Å². The molecule has 8 nitrogen and oxygen atoms in total. The van der Waals surface area contributed by atoms with E-state index in [1.165, 1.54) is 31.4 Å². The van der Waals surface area contributed by atoms with Gasteiger partial charge in [0.05, 0.1) is 22.8 Å². The first-order valence-corrected chi connectivity index (χ1v) is 10.1. The van der Waals surface area contributed by atoms with Crippen LogP contribution in [-0.2, 0) is 26.1 Å². The van der Waals surface area contributed by atoms with Gasteiger partial charge in [0.2, 0.25) is 10.0 Å². The summed E-state index contributed by atoms with van der Waals surface area (Å²) in [7, 11) is -2.16. The lowest BCUT2D eigenvalue weighted by Gasteiger charge is -2.07. The topological polar surface area (TPSA) is 99.0 Å². The molecule has 0 saturated carbocycles. The van der Waals surface area contributed by atoms with E-state index >= 15 is 0 Å². The summed E-state index contributed by atoms with van der Waals surface area (Å²) in [6.07, 6.45) is 3.68. The molecule has 0 spiro atoms. The van der Waals surface area contributed by atoms with Crippen LogP contribution in [-0.4, -0.2) is 44.0 Å². The average Bonchev–Trinajstić information content (AvgIpc) is 3.11. The van der Waals surface area contributed by atoms with Crippen LogP contribution in [0.1, 0.15) is 21.6 Å². The molecule has 2 aromatic heterocycles. The number of aromatic nitrogens is 2. The summed E-state index contributed by atoms with van der Waals surface area (Å²) in [6.45, 7) is 2.42. The van der Waals surface area contributed by atoms with E-state index in [4.69, 9.17) is 9.47 Å². The Bertz CT molecular complexity index is 1070. The summed E-state index contributed by atoms with van der Waals surface area (Å²) in [5.74, 6) is -0.551. The number of hydrogen-bond donors (Lipinski definition) is 1. The van der Waals surface area contributed by atoms with E-state index in [0.29, 0.717) is 5.69 Å². The highest BCUT2D eigenvalue weighted by atomic mass is 32.2. The van der Waals surface area contributed by atoms with Gasteiger partial charge in [0.15, 0.2) is 0 Å². The largest absolute Gasteiger partial charge is 0.456 e. The minimum absolute atomic E-state index is 0.0264. The number of nitrogens with one attached hydrogen (secondary N) is 1. The average molecular weight is 403 g/mol. The molecule has 2 heterocycles. The molecular weight excluding hydrogens is 382 g/mol. The lowest BCUT2D eigenvalue weighted by molar-refractivity contribution is 0.0468. The smallest absolute Gasteiger partial charge is 0.338 e. The van der Waals surface area contributed by atoms with Gasteiger partial charge in [-0.05, 0) is 42.8 Å². The van der Waals surface area contributed by atoms with Gasteiger partial charge in [-0.15, -0.1) is 0 Å². The normalized spacial score (nSPS) is 11.6. The van der Waals surface area contributed by atoms with E-state index in [-0.39, 0.29) is 30.2 Å². The van der Waals surface area contributed by atoms with Crippen LogP contribution < -0.4 is 4.72 Å². The molecule has 0 aliphatic heterocycles. The van der Waals surface area contributed by atoms with Gasteiger partial charge in [0, 0.05) is 26.0 Å². The maximum atomic E-state index is 12.2. The van der Waals surface area contributed by atoms with Crippen molar-refractivity contribution >= 4 is 21.6 Å². The maximum absolute atomic E-state index is 12.2. The first-order valence-electron chi connectivity index (χ1n) is 8.60. The Morgan fingerprint density at radius 3 is 2.64 bits per heavy atom. The van der Waals surface area contributed by atoms with Gasteiger partial charge < -0.3 is 13.9 Å². The van der Waals surface area contributed by atoms with Gasteiger partial charge in [-0.2, -0.15) is 0 Å². The Hall–Kier alpha value is -2.75. The van der Waals surface area contributed by atoms with Gasteiger partial charge in [-0.25, -0.2) is 22.9 Å². The highest BCUT2D eigenvalue weighted by Crippen LogP contribution is 2.14. The molecule has 0 atom stereocenters. The van der Waals surface area contributed by atoms with Crippen molar-refractivity contribution in [3.8, 4) is 0 Å². The lowest BCUT2D eigenvalue weighted by atomic mass is 10.2. The summed E-state index contributed by atoms with van der Waals surface area (Å²) in [4.78, 5) is 16.7. The first-order chi connectivity index (χ1) is 13.4. The number of esters is 1. The van der Waals surface area contributed by atoms with Gasteiger partial charge in [-0.3, -0.25) is 0 Å². The van der Waals surface area contributed by atoms with Crippen LogP contribution in [0.2, 0.25) is 0 Å². The fraction of sp³-hybridized carbons (Fsp3) is 0.263. The zero-order valence-electron chi connectivity index (χ0n) is 15.6. The summed E-state index contributed by atoms with van der Waals surface area (Å²) < 4.78 is 38.6. The van der Waals surface area contributed by atoms with E-state index in [9.17, 15) is 13.2 Å². The fourth-order valence-corrected chi connectivity index (χ4v) is 3.64. The second-order valence-corrected chi connectivity index (χ2v) is 7.91. The number of nitrogens with zero attached hydrogens (tertiary/aromatic N) is 2. The van der Waals surface area contributed by atoms with Gasteiger partial charge in [0.1, 0.15) is 12.3 Å². The Labute approximate surface area is 163 Å². The molecule has 3 aromatic rings. The van der Waals surface area contributed by atoms with Crippen molar-refractivity contribution in [3.05, 3.63) is 65.6 Å². The summed E-state index contributed by atoms with van der Waals surface area (Å²) in [6, 6.07) is 9.43. The number of carbonyl (C=O) groups is 1. The van der Waals surface area contributed by atoms with Gasteiger partial charge >= 0.3 is 5.97 Å². The Balaban J connectivity index is 1.63. The third kappa shape index (κ3) is 4.56. The van der Waals surface area contributed by atoms with E-state index < -0.39 is 16.0 Å². The Morgan fingerprint density at radius 1 is 1.21 bits per heavy atom. The van der Waals surface area contributed by atoms with Crippen LogP contribution in [0.4, 0.5) is 0 Å². The fourth-order valence-electron chi connectivity index (χ4n) is 2.63. The van der Waals surface area contributed by atoms with Crippen molar-refractivity contribution in [1.82, 2.24) is 14.1 Å². The number of carbonyl (C=O) groups excluding carboxylic acids is 1. The number of hydrogen-bond acceptors (Lipinski definition) is 6. The monoisotopic (exact) mass is 403 g/mol. The summed E-state index contributed by atoms with van der Waals surface area (Å²) >= 11 is 0. The Morgan fingerprint density at radius 2 is 1.96 bits per heavy atom. The molecule has 28 heavy (non-hydrogen) atoms. The number of aryl methyl sites for hydroxylation is 1. The minimum atomic E-state index is -3.64. The van der Waals surface area contributed by atoms with Crippen LogP contribution in [0.5, 0.6) is 0 Å². The number of ether oxygens (including phenoxy) is 2. The van der Waals surface area contributed by atoms with Crippen LogP contribution in [0.15, 0.2) is 53.7 Å². The van der Waals surface area contributed by atoms with Crippen molar-refractivity contribution in [1.29, 1.82) is 0 Å². The quantitative estimate of drug-likeness (QED) is 0.456. The molecule has 0 unspecified atom stereocenters. The predicted molar refractivity (Wildman–Crippen MR) is 103 cm³/mol. The second kappa shape index (κ2) is 8.51. The Kier molecular flexibility index (Phi) is 6.08. The van der Waals surface area contributed by atoms with Crippen molar-refractivity contribution in [3.63, 3.8) is 0 Å². The van der Waals surface area contributed by atoms with Gasteiger partial charge in [0.25, 0.3) is 0 Å². The molecule has 0 saturated heterocycles. The summed E-state index contributed by atoms with van der Waals surface area (Å²) in [5, 5.41) is 0. The molecule has 1 aromatic carbocycles. The number of imidazole rings is 1. The molecule has 0 bridgehead atoms. The number of pyridine rings is 1. The van der Waals surface area contributed by atoms with Crippen LogP contribution in [0, 0.1) is 6.92 Å². The zero-order chi connectivity index (χ0) is 20.1. The number of rotatable bonds is 8. The van der Waals surface area contributed by atoms with Crippen LogP contribution in [0.25, 0.3) is 5.65 Å². The second-order valence-electron chi connectivity index (χ2n) is 6.15. The molecule has 0 aliphatic rings. The molecule has 0 radical (unpaired) electrons. The first kappa shape index (κ1) is 20.0. The molecule has 148 valence electrons. The SMILES string of the molecule is COCCNS(=O)(=O)c1ccc(C(=O)OCc2cn3cccc(C)c3n2)cc1. The molecule has 9 heteroatoms. The van der Waals surface area contributed by atoms with Crippen LogP contribution >= 0.6 is 0 Å². The standard InChI is InChI=1S/C19H21N3O5S/c1-14-4-3-10-22-12-16(21-18(14)22)13-27-19(23)15-5-7-17(8-6-15)28(24,25)20-9-11-26-2/h3-8,10,12,20H,9,11,13H2,1-2H3. The predicted octanol–water partition coefficient (Wildman–Crippen LogP) is 1.92. The third-order valence-corrected chi connectivity index (χ3v) is 5.55. The zero-order valence-corrected chi connectivity index (χ0v) is 16.4. The lowest BCUT2D eigenvalue weighted by Crippen LogP contribution is -2.27. The van der Waals surface area contributed by atoms with Gasteiger partial charge in [-0.1, -0.05) is 6.07 Å². The van der Waals surface area contributed by atoms with E-state index in [2.05, 4.69) is 9.71 Å². The third-order valence-electron chi connectivity index (χ3n) is 4.08. The highest BCUT2D eigenvalue weighted by molar-refractivity contribution is 7.89. The van der Waals surface area contributed by atoms with E-state index in [0.717, 1.165) is 11.2 Å². The molecule has 0 amide bonds.